The van der Waals surface area contributed by atoms with E-state index in [0.717, 1.165) is 16.0 Å². The summed E-state index contributed by atoms with van der Waals surface area (Å²) < 4.78 is 0. The number of rotatable bonds is 2. The summed E-state index contributed by atoms with van der Waals surface area (Å²) in [5.41, 5.74) is 2.89. The highest BCUT2D eigenvalue weighted by atomic mass is 16.6. The molecule has 2 fully saturated rings. The third-order valence-electron chi connectivity index (χ3n) is 5.56. The molecule has 1 aliphatic heterocycles. The Labute approximate surface area is 145 Å². The van der Waals surface area contributed by atoms with Crippen molar-refractivity contribution in [2.75, 3.05) is 4.90 Å². The molecular formula is C19H18N2O4. The second kappa shape index (κ2) is 5.12. The van der Waals surface area contributed by atoms with Crippen molar-refractivity contribution in [3.8, 4) is 0 Å². The van der Waals surface area contributed by atoms with E-state index in [-0.39, 0.29) is 35.0 Å². The van der Waals surface area contributed by atoms with Crippen LogP contribution in [0.3, 0.4) is 0 Å². The summed E-state index contributed by atoms with van der Waals surface area (Å²) in [7, 11) is 0. The molecule has 1 aromatic rings. The van der Waals surface area contributed by atoms with E-state index in [4.69, 9.17) is 0 Å². The van der Waals surface area contributed by atoms with Gasteiger partial charge in [-0.05, 0) is 32.4 Å². The van der Waals surface area contributed by atoms with Gasteiger partial charge < -0.3 is 0 Å². The van der Waals surface area contributed by atoms with Gasteiger partial charge in [-0.1, -0.05) is 29.4 Å². The number of carbonyl (C=O) groups is 2. The first-order valence-electron chi connectivity index (χ1n) is 8.31. The molecule has 3 aliphatic rings. The third kappa shape index (κ3) is 1.97. The number of aryl methyl sites for hydroxylation is 1. The molecule has 6 heteroatoms. The van der Waals surface area contributed by atoms with Gasteiger partial charge in [-0.25, -0.2) is 4.90 Å². The summed E-state index contributed by atoms with van der Waals surface area (Å²) >= 11 is 0. The number of nitro benzene ring substituents is 1. The zero-order valence-corrected chi connectivity index (χ0v) is 14.2. The first-order chi connectivity index (χ1) is 11.8. The van der Waals surface area contributed by atoms with E-state index in [0.29, 0.717) is 5.56 Å². The molecule has 4 rings (SSSR count). The van der Waals surface area contributed by atoms with Crippen LogP contribution in [0.2, 0.25) is 0 Å². The monoisotopic (exact) mass is 338 g/mol. The van der Waals surface area contributed by atoms with Crippen LogP contribution < -0.4 is 4.90 Å². The van der Waals surface area contributed by atoms with E-state index < -0.39 is 16.8 Å². The molecule has 6 nitrogen and oxygen atoms in total. The number of benzene rings is 1. The van der Waals surface area contributed by atoms with Gasteiger partial charge in [0.25, 0.3) is 5.69 Å². The van der Waals surface area contributed by atoms with Crippen molar-refractivity contribution < 1.29 is 14.5 Å². The predicted molar refractivity (Wildman–Crippen MR) is 91.8 cm³/mol. The minimum atomic E-state index is -0.536. The summed E-state index contributed by atoms with van der Waals surface area (Å²) in [6.07, 6.45) is 4.01. The van der Waals surface area contributed by atoms with E-state index in [1.54, 1.807) is 13.0 Å². The third-order valence-corrected chi connectivity index (χ3v) is 5.56. The number of anilines is 1. The van der Waals surface area contributed by atoms with Gasteiger partial charge in [-0.2, -0.15) is 0 Å². The van der Waals surface area contributed by atoms with Gasteiger partial charge in [-0.3, -0.25) is 19.7 Å². The van der Waals surface area contributed by atoms with Crippen LogP contribution in [0.5, 0.6) is 0 Å². The molecule has 1 saturated heterocycles. The van der Waals surface area contributed by atoms with Gasteiger partial charge in [0.1, 0.15) is 5.69 Å². The molecular weight excluding hydrogens is 320 g/mol. The van der Waals surface area contributed by atoms with Crippen molar-refractivity contribution in [2.45, 2.75) is 20.8 Å². The number of hydrogen-bond donors (Lipinski definition) is 0. The Bertz CT molecular complexity index is 861. The molecule has 1 heterocycles. The smallest absolute Gasteiger partial charge is 0.274 e. The van der Waals surface area contributed by atoms with Gasteiger partial charge in [0.2, 0.25) is 11.8 Å². The number of hydrogen-bond acceptors (Lipinski definition) is 4. The number of nitro groups is 1. The molecule has 0 N–H and O–H groups in total. The van der Waals surface area contributed by atoms with Crippen molar-refractivity contribution >= 4 is 23.2 Å². The van der Waals surface area contributed by atoms with Gasteiger partial charge in [0, 0.05) is 17.9 Å². The Balaban J connectivity index is 1.81. The SMILES string of the molecule is CC(C)=C1[C@H]2C=C[C@@H]1[C@@H]1C(=O)N(c3ccc(C)cc3[N+](=O)[O-])C(=O)[C@H]12. The first kappa shape index (κ1) is 15.7. The molecule has 2 amide bonds. The van der Waals surface area contributed by atoms with Crippen molar-refractivity contribution in [1.82, 2.24) is 0 Å². The fraction of sp³-hybridized carbons (Fsp3) is 0.368. The maximum atomic E-state index is 13.0. The van der Waals surface area contributed by atoms with Gasteiger partial charge >= 0.3 is 0 Å². The summed E-state index contributed by atoms with van der Waals surface area (Å²) in [4.78, 5) is 38.0. The Morgan fingerprint density at radius 2 is 1.64 bits per heavy atom. The van der Waals surface area contributed by atoms with Crippen molar-refractivity contribution in [3.63, 3.8) is 0 Å². The molecule has 128 valence electrons. The lowest BCUT2D eigenvalue weighted by Gasteiger charge is -2.19. The second-order valence-corrected chi connectivity index (χ2v) is 7.20. The average Bonchev–Trinajstić information content (AvgIpc) is 3.18. The highest BCUT2D eigenvalue weighted by Gasteiger charge is 2.62. The minimum absolute atomic E-state index is 0.0639. The quantitative estimate of drug-likeness (QED) is 0.359. The summed E-state index contributed by atoms with van der Waals surface area (Å²) in [5, 5.41) is 11.4. The van der Waals surface area contributed by atoms with Gasteiger partial charge in [0.15, 0.2) is 0 Å². The maximum absolute atomic E-state index is 13.0. The van der Waals surface area contributed by atoms with E-state index in [2.05, 4.69) is 0 Å². The maximum Gasteiger partial charge on any atom is 0.293 e. The lowest BCUT2D eigenvalue weighted by molar-refractivity contribution is -0.384. The summed E-state index contributed by atoms with van der Waals surface area (Å²) in [6, 6.07) is 4.59. The lowest BCUT2D eigenvalue weighted by Crippen LogP contribution is -2.33. The number of fused-ring (bicyclic) bond motifs is 5. The van der Waals surface area contributed by atoms with Crippen LogP contribution >= 0.6 is 0 Å². The molecule has 0 radical (unpaired) electrons. The van der Waals surface area contributed by atoms with Crippen LogP contribution in [-0.4, -0.2) is 16.7 Å². The van der Waals surface area contributed by atoms with Crippen molar-refractivity contribution in [3.05, 3.63) is 57.2 Å². The number of allylic oxidation sites excluding steroid dienone is 4. The summed E-state index contributed by atoms with van der Waals surface area (Å²) in [5.74, 6) is -1.64. The first-order valence-corrected chi connectivity index (χ1v) is 8.31. The number of imide groups is 1. The molecule has 1 aromatic carbocycles. The highest BCUT2D eigenvalue weighted by Crippen LogP contribution is 2.57. The van der Waals surface area contributed by atoms with Gasteiger partial charge in [-0.15, -0.1) is 0 Å². The van der Waals surface area contributed by atoms with Crippen LogP contribution in [-0.2, 0) is 9.59 Å². The fourth-order valence-corrected chi connectivity index (χ4v) is 4.64. The van der Waals surface area contributed by atoms with E-state index in [1.807, 2.05) is 26.0 Å². The van der Waals surface area contributed by atoms with Crippen LogP contribution in [0, 0.1) is 40.7 Å². The predicted octanol–water partition coefficient (Wildman–Crippen LogP) is 3.16. The number of amides is 2. The Morgan fingerprint density at radius 3 is 2.12 bits per heavy atom. The topological polar surface area (TPSA) is 80.5 Å². The van der Waals surface area contributed by atoms with Crippen LogP contribution in [0.1, 0.15) is 19.4 Å². The van der Waals surface area contributed by atoms with Crippen molar-refractivity contribution in [1.29, 1.82) is 0 Å². The normalized spacial score (nSPS) is 29.6. The fourth-order valence-electron chi connectivity index (χ4n) is 4.64. The zero-order chi connectivity index (χ0) is 18.0. The van der Waals surface area contributed by atoms with Gasteiger partial charge in [0.05, 0.1) is 16.8 Å². The van der Waals surface area contributed by atoms with Crippen molar-refractivity contribution in [2.24, 2.45) is 23.7 Å². The molecule has 0 spiro atoms. The number of nitrogens with zero attached hydrogens (tertiary/aromatic N) is 2. The Hall–Kier alpha value is -2.76. The Kier molecular flexibility index (Phi) is 3.22. The molecule has 25 heavy (non-hydrogen) atoms. The number of carbonyl (C=O) groups excluding carboxylic acids is 2. The molecule has 2 aliphatic carbocycles. The van der Waals surface area contributed by atoms with Crippen LogP contribution in [0.4, 0.5) is 11.4 Å². The standard InChI is InChI=1S/C19H18N2O4/c1-9(2)15-11-5-6-12(15)17-16(11)18(22)20(19(17)23)13-7-4-10(3)8-14(13)21(24)25/h4-8,11-12,16-17H,1-3H3/t11-,12+,16-,17-/m0/s1. The van der Waals surface area contributed by atoms with E-state index in [1.165, 1.54) is 12.1 Å². The molecule has 1 saturated carbocycles. The van der Waals surface area contributed by atoms with E-state index in [9.17, 15) is 19.7 Å². The Morgan fingerprint density at radius 1 is 1.08 bits per heavy atom. The molecule has 4 atom stereocenters. The molecule has 0 aromatic heterocycles. The lowest BCUT2D eigenvalue weighted by atomic mass is 9.85. The van der Waals surface area contributed by atoms with Crippen LogP contribution in [0.15, 0.2) is 41.5 Å². The van der Waals surface area contributed by atoms with E-state index >= 15 is 0 Å². The largest absolute Gasteiger partial charge is 0.293 e. The van der Waals surface area contributed by atoms with Crippen LogP contribution in [0.25, 0.3) is 0 Å². The zero-order valence-electron chi connectivity index (χ0n) is 14.2. The molecule has 0 unspecified atom stereocenters. The average molecular weight is 338 g/mol. The summed E-state index contributed by atoms with van der Waals surface area (Å²) in [6.45, 7) is 5.74. The minimum Gasteiger partial charge on any atom is -0.274 e. The second-order valence-electron chi connectivity index (χ2n) is 7.20. The molecule has 2 bridgehead atoms. The highest BCUT2D eigenvalue weighted by molar-refractivity contribution is 6.24.